The molecule has 0 amide bonds. The van der Waals surface area contributed by atoms with E-state index in [1.807, 2.05) is 32.0 Å². The normalized spacial score (nSPS) is 19.1. The molecule has 0 radical (unpaired) electrons. The van der Waals surface area contributed by atoms with Crippen molar-refractivity contribution >= 4 is 11.0 Å². The standard InChI is InChI=1S/C19H18O7/c1-19(2)24-9-11(26-19)8-23-17-12-5-3-4-6-15(12)25-18(17)13-10-22-16(21)7-14(13)20/h3-7,10-11,20H,8-9H2,1-2H3. The molecule has 7 heteroatoms. The molecular formula is C19H18O7. The molecule has 3 heterocycles. The summed E-state index contributed by atoms with van der Waals surface area (Å²) in [6.45, 7) is 4.35. The van der Waals surface area contributed by atoms with Crippen LogP contribution in [0.25, 0.3) is 22.3 Å². The maximum Gasteiger partial charge on any atom is 0.339 e. The molecule has 26 heavy (non-hydrogen) atoms. The van der Waals surface area contributed by atoms with Crippen molar-refractivity contribution in [3.05, 3.63) is 47.0 Å². The Balaban J connectivity index is 1.71. The highest BCUT2D eigenvalue weighted by atomic mass is 16.7. The second-order valence-corrected chi connectivity index (χ2v) is 6.52. The van der Waals surface area contributed by atoms with Crippen LogP contribution in [0.4, 0.5) is 0 Å². The molecule has 0 bridgehead atoms. The molecular weight excluding hydrogens is 340 g/mol. The summed E-state index contributed by atoms with van der Waals surface area (Å²) in [5.41, 5.74) is 0.176. The number of fused-ring (bicyclic) bond motifs is 1. The Hall–Kier alpha value is -2.77. The summed E-state index contributed by atoms with van der Waals surface area (Å²) in [6, 6.07) is 8.32. The molecule has 1 aliphatic rings. The quantitative estimate of drug-likeness (QED) is 0.765. The Morgan fingerprint density at radius 2 is 2.12 bits per heavy atom. The summed E-state index contributed by atoms with van der Waals surface area (Å²) < 4.78 is 28.0. The monoisotopic (exact) mass is 358 g/mol. The number of furan rings is 1. The molecule has 4 rings (SSSR count). The largest absolute Gasteiger partial charge is 0.507 e. The Morgan fingerprint density at radius 3 is 2.85 bits per heavy atom. The fourth-order valence-electron chi connectivity index (χ4n) is 2.93. The smallest absolute Gasteiger partial charge is 0.339 e. The zero-order chi connectivity index (χ0) is 18.3. The summed E-state index contributed by atoms with van der Waals surface area (Å²) in [7, 11) is 0. The van der Waals surface area contributed by atoms with Gasteiger partial charge in [-0.15, -0.1) is 0 Å². The number of benzene rings is 1. The van der Waals surface area contributed by atoms with Crippen LogP contribution in [0.3, 0.4) is 0 Å². The molecule has 3 aromatic rings. The van der Waals surface area contributed by atoms with Crippen molar-refractivity contribution in [2.24, 2.45) is 0 Å². The Labute approximate surface area is 148 Å². The second kappa shape index (κ2) is 6.19. The third-order valence-electron chi connectivity index (χ3n) is 4.10. The highest BCUT2D eigenvalue weighted by Gasteiger charge is 2.33. The number of rotatable bonds is 4. The number of para-hydroxylation sites is 1. The average molecular weight is 358 g/mol. The zero-order valence-electron chi connectivity index (χ0n) is 14.4. The predicted octanol–water partition coefficient (Wildman–Crippen LogP) is 3.29. The van der Waals surface area contributed by atoms with Crippen LogP contribution in [0.15, 0.2) is 50.2 Å². The van der Waals surface area contributed by atoms with Crippen LogP contribution in [0.5, 0.6) is 11.5 Å². The Kier molecular flexibility index (Phi) is 3.97. The summed E-state index contributed by atoms with van der Waals surface area (Å²) in [6.07, 6.45) is 0.925. The van der Waals surface area contributed by atoms with Crippen LogP contribution in [-0.4, -0.2) is 30.2 Å². The average Bonchev–Trinajstić information content (AvgIpc) is 3.12. The summed E-state index contributed by atoms with van der Waals surface area (Å²) >= 11 is 0. The highest BCUT2D eigenvalue weighted by molar-refractivity contribution is 5.92. The van der Waals surface area contributed by atoms with Crippen LogP contribution in [-0.2, 0) is 9.47 Å². The maximum atomic E-state index is 11.3. The number of ether oxygens (including phenoxy) is 3. The van der Waals surface area contributed by atoms with Gasteiger partial charge in [-0.2, -0.15) is 0 Å². The van der Waals surface area contributed by atoms with Gasteiger partial charge in [-0.05, 0) is 26.0 Å². The molecule has 2 aromatic heterocycles. The second-order valence-electron chi connectivity index (χ2n) is 6.52. The molecule has 1 N–H and O–H groups in total. The Morgan fingerprint density at radius 1 is 1.31 bits per heavy atom. The van der Waals surface area contributed by atoms with Crippen molar-refractivity contribution in [1.29, 1.82) is 0 Å². The van der Waals surface area contributed by atoms with Crippen LogP contribution < -0.4 is 10.4 Å². The lowest BCUT2D eigenvalue weighted by molar-refractivity contribution is -0.141. The minimum Gasteiger partial charge on any atom is -0.507 e. The summed E-state index contributed by atoms with van der Waals surface area (Å²) in [5.74, 6) is -0.161. The first-order valence-electron chi connectivity index (χ1n) is 8.21. The van der Waals surface area contributed by atoms with Crippen molar-refractivity contribution in [2.75, 3.05) is 13.2 Å². The first-order chi connectivity index (χ1) is 12.4. The minimum atomic E-state index is -0.649. The van der Waals surface area contributed by atoms with E-state index in [1.165, 1.54) is 0 Å². The van der Waals surface area contributed by atoms with E-state index in [0.29, 0.717) is 17.9 Å². The van der Waals surface area contributed by atoms with Gasteiger partial charge in [0.05, 0.1) is 23.6 Å². The van der Waals surface area contributed by atoms with E-state index in [1.54, 1.807) is 6.07 Å². The van der Waals surface area contributed by atoms with Gasteiger partial charge in [0.15, 0.2) is 17.3 Å². The molecule has 0 spiro atoms. The predicted molar refractivity (Wildman–Crippen MR) is 92.2 cm³/mol. The zero-order valence-corrected chi connectivity index (χ0v) is 14.4. The SMILES string of the molecule is CC1(C)OCC(COc2c(-c3coc(=O)cc3O)oc3ccccc23)O1. The molecule has 0 saturated carbocycles. The third-order valence-corrected chi connectivity index (χ3v) is 4.10. The third kappa shape index (κ3) is 3.07. The van der Waals surface area contributed by atoms with Crippen LogP contribution in [0.2, 0.25) is 0 Å². The van der Waals surface area contributed by atoms with Crippen molar-refractivity contribution in [1.82, 2.24) is 0 Å². The molecule has 1 saturated heterocycles. The van der Waals surface area contributed by atoms with E-state index >= 15 is 0 Å². The maximum absolute atomic E-state index is 11.3. The van der Waals surface area contributed by atoms with Gasteiger partial charge in [0, 0.05) is 0 Å². The molecule has 136 valence electrons. The van der Waals surface area contributed by atoms with Gasteiger partial charge in [-0.25, -0.2) is 4.79 Å². The molecule has 1 aliphatic heterocycles. The lowest BCUT2D eigenvalue weighted by atomic mass is 10.1. The van der Waals surface area contributed by atoms with Crippen molar-refractivity contribution in [3.63, 3.8) is 0 Å². The van der Waals surface area contributed by atoms with Gasteiger partial charge < -0.3 is 28.2 Å². The summed E-state index contributed by atoms with van der Waals surface area (Å²) in [5, 5.41) is 10.9. The van der Waals surface area contributed by atoms with E-state index in [2.05, 4.69) is 0 Å². The molecule has 1 aromatic carbocycles. The van der Waals surface area contributed by atoms with Crippen molar-refractivity contribution < 1.29 is 28.2 Å². The minimum absolute atomic E-state index is 0.228. The lowest BCUT2D eigenvalue weighted by Gasteiger charge is -2.17. The van der Waals surface area contributed by atoms with Crippen LogP contribution >= 0.6 is 0 Å². The Bertz CT molecular complexity index is 999. The lowest BCUT2D eigenvalue weighted by Crippen LogP contribution is -2.25. The van der Waals surface area contributed by atoms with Gasteiger partial charge in [-0.3, -0.25) is 0 Å². The van der Waals surface area contributed by atoms with E-state index in [0.717, 1.165) is 17.7 Å². The van der Waals surface area contributed by atoms with Gasteiger partial charge in [0.2, 0.25) is 0 Å². The summed E-state index contributed by atoms with van der Waals surface area (Å²) in [4.78, 5) is 11.3. The van der Waals surface area contributed by atoms with Crippen LogP contribution in [0.1, 0.15) is 13.8 Å². The molecule has 7 nitrogen and oxygen atoms in total. The number of hydrogen-bond donors (Lipinski definition) is 1. The van der Waals surface area contributed by atoms with Gasteiger partial charge in [0.25, 0.3) is 0 Å². The number of aromatic hydroxyl groups is 1. The fourth-order valence-corrected chi connectivity index (χ4v) is 2.93. The van der Waals surface area contributed by atoms with Gasteiger partial charge >= 0.3 is 5.63 Å². The van der Waals surface area contributed by atoms with Gasteiger partial charge in [0.1, 0.15) is 30.3 Å². The fraction of sp³-hybridized carbons (Fsp3) is 0.316. The van der Waals surface area contributed by atoms with E-state index < -0.39 is 11.4 Å². The molecule has 1 unspecified atom stereocenters. The number of hydrogen-bond acceptors (Lipinski definition) is 7. The molecule has 1 fully saturated rings. The molecule has 1 atom stereocenters. The molecule has 0 aliphatic carbocycles. The van der Waals surface area contributed by atoms with Crippen molar-refractivity contribution in [2.45, 2.75) is 25.7 Å². The first kappa shape index (κ1) is 16.7. The van der Waals surface area contributed by atoms with Crippen LogP contribution in [0, 0.1) is 0 Å². The van der Waals surface area contributed by atoms with E-state index in [-0.39, 0.29) is 29.8 Å². The first-order valence-corrected chi connectivity index (χ1v) is 8.21. The topological polar surface area (TPSA) is 91.3 Å². The highest BCUT2D eigenvalue weighted by Crippen LogP contribution is 2.42. The van der Waals surface area contributed by atoms with E-state index in [4.69, 9.17) is 23.0 Å². The van der Waals surface area contributed by atoms with Gasteiger partial charge in [-0.1, -0.05) is 12.1 Å². The van der Waals surface area contributed by atoms with E-state index in [9.17, 15) is 9.90 Å². The van der Waals surface area contributed by atoms with Crippen molar-refractivity contribution in [3.8, 4) is 22.8 Å².